The summed E-state index contributed by atoms with van der Waals surface area (Å²) >= 11 is 5.63. The van der Waals surface area contributed by atoms with E-state index in [0.717, 1.165) is 12.1 Å². The van der Waals surface area contributed by atoms with E-state index in [1.165, 1.54) is 18.2 Å². The first-order valence-electron chi connectivity index (χ1n) is 5.41. The number of hydrogen-bond acceptors (Lipinski definition) is 2. The first-order valence-corrected chi connectivity index (χ1v) is 5.79. The Morgan fingerprint density at radius 3 is 2.74 bits per heavy atom. The monoisotopic (exact) mass is 282 g/mol. The van der Waals surface area contributed by atoms with Crippen LogP contribution in [-0.2, 0) is 6.61 Å². The van der Waals surface area contributed by atoms with Gasteiger partial charge in [0.2, 0.25) is 0 Å². The van der Waals surface area contributed by atoms with Gasteiger partial charge in [0.15, 0.2) is 0 Å². The summed E-state index contributed by atoms with van der Waals surface area (Å²) in [4.78, 5) is 10.6. The van der Waals surface area contributed by atoms with Crippen molar-refractivity contribution in [3.05, 3.63) is 64.2 Å². The maximum absolute atomic E-state index is 13.6. The topological polar surface area (TPSA) is 26.3 Å². The van der Waals surface area contributed by atoms with Crippen molar-refractivity contribution in [2.45, 2.75) is 6.61 Å². The average molecular weight is 283 g/mol. The van der Waals surface area contributed by atoms with Crippen molar-refractivity contribution in [1.29, 1.82) is 0 Å². The summed E-state index contributed by atoms with van der Waals surface area (Å²) in [6.07, 6.45) is 0.510. The second-order valence-corrected chi connectivity index (χ2v) is 4.25. The summed E-state index contributed by atoms with van der Waals surface area (Å²) in [6, 6.07) is 8.11. The Labute approximate surface area is 113 Å². The molecular formula is C14H9ClF2O2. The van der Waals surface area contributed by atoms with Crippen molar-refractivity contribution in [3.8, 4) is 5.75 Å². The van der Waals surface area contributed by atoms with E-state index in [1.807, 2.05) is 0 Å². The molecule has 2 aromatic rings. The van der Waals surface area contributed by atoms with Gasteiger partial charge in [-0.05, 0) is 18.2 Å². The first kappa shape index (κ1) is 13.5. The van der Waals surface area contributed by atoms with Crippen LogP contribution in [-0.4, -0.2) is 6.29 Å². The van der Waals surface area contributed by atoms with E-state index in [4.69, 9.17) is 16.3 Å². The van der Waals surface area contributed by atoms with Crippen LogP contribution in [0.5, 0.6) is 5.75 Å². The molecule has 5 heteroatoms. The molecule has 0 radical (unpaired) electrons. The average Bonchev–Trinajstić information content (AvgIpc) is 2.40. The van der Waals surface area contributed by atoms with Crippen molar-refractivity contribution in [1.82, 2.24) is 0 Å². The third-order valence-electron chi connectivity index (χ3n) is 2.46. The number of hydrogen-bond donors (Lipinski definition) is 0. The molecule has 2 nitrogen and oxygen atoms in total. The highest BCUT2D eigenvalue weighted by Gasteiger charge is 2.07. The molecule has 0 unspecified atom stereocenters. The predicted octanol–water partition coefficient (Wildman–Crippen LogP) is 4.01. The zero-order valence-corrected chi connectivity index (χ0v) is 10.5. The Morgan fingerprint density at radius 2 is 2.00 bits per heavy atom. The number of carbonyl (C=O) groups is 1. The molecule has 0 bridgehead atoms. The lowest BCUT2D eigenvalue weighted by Crippen LogP contribution is -1.99. The molecule has 0 aliphatic rings. The molecule has 0 aromatic heterocycles. The summed E-state index contributed by atoms with van der Waals surface area (Å²) in [5.41, 5.74) is 0.408. The zero-order chi connectivity index (χ0) is 13.8. The molecular weight excluding hydrogens is 274 g/mol. The van der Waals surface area contributed by atoms with Crippen LogP contribution in [0.3, 0.4) is 0 Å². The quantitative estimate of drug-likeness (QED) is 0.792. The minimum atomic E-state index is -0.592. The molecule has 0 fully saturated rings. The van der Waals surface area contributed by atoms with Crippen LogP contribution in [0.4, 0.5) is 8.78 Å². The van der Waals surface area contributed by atoms with Crippen molar-refractivity contribution < 1.29 is 18.3 Å². The van der Waals surface area contributed by atoms with E-state index in [1.54, 1.807) is 6.07 Å². The van der Waals surface area contributed by atoms with Crippen molar-refractivity contribution in [2.75, 3.05) is 0 Å². The molecule has 0 saturated heterocycles. The summed E-state index contributed by atoms with van der Waals surface area (Å²) in [5, 5.41) is -0.00563. The van der Waals surface area contributed by atoms with Crippen molar-refractivity contribution in [3.63, 3.8) is 0 Å². The summed E-state index contributed by atoms with van der Waals surface area (Å²) in [6.45, 7) is -0.103. The number of aldehydes is 1. The molecule has 0 aliphatic carbocycles. The molecule has 0 atom stereocenters. The van der Waals surface area contributed by atoms with Crippen LogP contribution in [0.15, 0.2) is 36.4 Å². The van der Waals surface area contributed by atoms with Gasteiger partial charge in [0.1, 0.15) is 30.3 Å². The number of benzene rings is 2. The first-order chi connectivity index (χ1) is 9.10. The normalized spacial score (nSPS) is 10.3. The van der Waals surface area contributed by atoms with Crippen LogP contribution in [0.2, 0.25) is 5.02 Å². The summed E-state index contributed by atoms with van der Waals surface area (Å²) < 4.78 is 32.0. The fourth-order valence-electron chi connectivity index (χ4n) is 1.56. The molecule has 0 amide bonds. The number of carbonyl (C=O) groups excluding carboxylic acids is 1. The Balaban J connectivity index is 2.16. The van der Waals surface area contributed by atoms with Crippen molar-refractivity contribution in [2.24, 2.45) is 0 Å². The Morgan fingerprint density at radius 1 is 1.21 bits per heavy atom. The molecule has 0 N–H and O–H groups in total. The SMILES string of the molecule is O=Cc1cc(F)cc(OCc2cccc(Cl)c2F)c1. The standard InChI is InChI=1S/C14H9ClF2O2/c15-13-3-1-2-10(14(13)17)8-19-12-5-9(7-18)4-11(16)6-12/h1-7H,8H2. The molecule has 2 aromatic carbocycles. The number of ether oxygens (including phenoxy) is 1. The van der Waals surface area contributed by atoms with Gasteiger partial charge in [0, 0.05) is 17.2 Å². The molecule has 0 aliphatic heterocycles. The van der Waals surface area contributed by atoms with Crippen LogP contribution >= 0.6 is 11.6 Å². The highest BCUT2D eigenvalue weighted by atomic mass is 35.5. The van der Waals surface area contributed by atoms with Crippen LogP contribution in [0.1, 0.15) is 15.9 Å². The Kier molecular flexibility index (Phi) is 4.12. The highest BCUT2D eigenvalue weighted by Crippen LogP contribution is 2.21. The minimum Gasteiger partial charge on any atom is -0.489 e. The van der Waals surface area contributed by atoms with E-state index in [2.05, 4.69) is 0 Å². The van der Waals surface area contributed by atoms with Gasteiger partial charge in [-0.2, -0.15) is 0 Å². The molecule has 2 rings (SSSR count). The second kappa shape index (κ2) is 5.80. The Bertz CT molecular complexity index is 614. The predicted molar refractivity (Wildman–Crippen MR) is 67.5 cm³/mol. The van der Waals surface area contributed by atoms with Gasteiger partial charge in [-0.1, -0.05) is 23.7 Å². The number of halogens is 3. The van der Waals surface area contributed by atoms with E-state index in [9.17, 15) is 13.6 Å². The Hall–Kier alpha value is -1.94. The fourth-order valence-corrected chi connectivity index (χ4v) is 1.75. The lowest BCUT2D eigenvalue weighted by molar-refractivity contribution is 0.112. The molecule has 0 spiro atoms. The van der Waals surface area contributed by atoms with Gasteiger partial charge in [0.05, 0.1) is 5.02 Å². The zero-order valence-electron chi connectivity index (χ0n) is 9.70. The molecule has 98 valence electrons. The van der Waals surface area contributed by atoms with E-state index >= 15 is 0 Å². The second-order valence-electron chi connectivity index (χ2n) is 3.84. The van der Waals surface area contributed by atoms with E-state index in [-0.39, 0.29) is 28.5 Å². The maximum Gasteiger partial charge on any atom is 0.150 e. The van der Waals surface area contributed by atoms with Crippen LogP contribution in [0.25, 0.3) is 0 Å². The number of rotatable bonds is 4. The van der Waals surface area contributed by atoms with E-state index < -0.39 is 11.6 Å². The lowest BCUT2D eigenvalue weighted by Gasteiger charge is -2.08. The minimum absolute atomic E-state index is 0.00563. The van der Waals surface area contributed by atoms with Gasteiger partial charge in [-0.15, -0.1) is 0 Å². The largest absolute Gasteiger partial charge is 0.489 e. The third-order valence-corrected chi connectivity index (χ3v) is 2.75. The third kappa shape index (κ3) is 3.29. The van der Waals surface area contributed by atoms with Gasteiger partial charge in [0.25, 0.3) is 0 Å². The molecule has 0 saturated carbocycles. The summed E-state index contributed by atoms with van der Waals surface area (Å²) in [5.74, 6) is -1.01. The van der Waals surface area contributed by atoms with Gasteiger partial charge in [-0.3, -0.25) is 4.79 Å². The fraction of sp³-hybridized carbons (Fsp3) is 0.0714. The molecule has 0 heterocycles. The molecule has 19 heavy (non-hydrogen) atoms. The van der Waals surface area contributed by atoms with E-state index in [0.29, 0.717) is 6.29 Å². The van der Waals surface area contributed by atoms with Gasteiger partial charge in [-0.25, -0.2) is 8.78 Å². The highest BCUT2D eigenvalue weighted by molar-refractivity contribution is 6.30. The van der Waals surface area contributed by atoms with Crippen LogP contribution in [0, 0.1) is 11.6 Å². The van der Waals surface area contributed by atoms with Gasteiger partial charge < -0.3 is 4.74 Å². The van der Waals surface area contributed by atoms with Crippen LogP contribution < -0.4 is 4.74 Å². The lowest BCUT2D eigenvalue weighted by atomic mass is 10.2. The van der Waals surface area contributed by atoms with Crippen molar-refractivity contribution >= 4 is 17.9 Å². The maximum atomic E-state index is 13.6. The smallest absolute Gasteiger partial charge is 0.150 e. The summed E-state index contributed by atoms with van der Waals surface area (Å²) in [7, 11) is 0. The van der Waals surface area contributed by atoms with Gasteiger partial charge >= 0.3 is 0 Å².